The van der Waals surface area contributed by atoms with Gasteiger partial charge in [-0.3, -0.25) is 4.99 Å². The summed E-state index contributed by atoms with van der Waals surface area (Å²) >= 11 is 5.72. The Morgan fingerprint density at radius 3 is 2.72 bits per heavy atom. The van der Waals surface area contributed by atoms with Crippen LogP contribution in [0.3, 0.4) is 0 Å². The molecule has 0 aromatic carbocycles. The molecule has 0 bridgehead atoms. The fraction of sp³-hybridized carbons (Fsp3) is 0.500. The quantitative estimate of drug-likeness (QED) is 0.364. The summed E-state index contributed by atoms with van der Waals surface area (Å²) in [5.41, 5.74) is 1.07. The Bertz CT molecular complexity index is 367. The normalized spacial score (nSPS) is 12.6. The van der Waals surface area contributed by atoms with Crippen LogP contribution in [0.15, 0.2) is 23.3 Å². The van der Waals surface area contributed by atoms with Gasteiger partial charge in [0.25, 0.3) is 0 Å². The lowest BCUT2D eigenvalue weighted by Crippen LogP contribution is -2.41. The molecule has 0 aliphatic carbocycles. The number of aromatic nitrogens is 1. The predicted octanol–water partition coefficient (Wildman–Crippen LogP) is 2.82. The summed E-state index contributed by atoms with van der Waals surface area (Å²) in [7, 11) is 1.76. The monoisotopic (exact) mass is 382 g/mol. The van der Waals surface area contributed by atoms with E-state index in [9.17, 15) is 0 Å². The molecule has 0 spiro atoms. The van der Waals surface area contributed by atoms with Crippen LogP contribution in [0.2, 0.25) is 5.15 Å². The third-order valence-corrected chi connectivity index (χ3v) is 2.69. The summed E-state index contributed by atoms with van der Waals surface area (Å²) in [6, 6.07) is 4.13. The van der Waals surface area contributed by atoms with Gasteiger partial charge in [-0.2, -0.15) is 0 Å². The number of guanidine groups is 1. The molecule has 0 amide bonds. The molecule has 1 aromatic heterocycles. The van der Waals surface area contributed by atoms with Crippen molar-refractivity contribution in [2.75, 3.05) is 7.05 Å². The van der Waals surface area contributed by atoms with Crippen molar-refractivity contribution in [2.45, 2.75) is 32.9 Å². The smallest absolute Gasteiger partial charge is 0.191 e. The van der Waals surface area contributed by atoms with Crippen molar-refractivity contribution in [1.29, 1.82) is 0 Å². The summed E-state index contributed by atoms with van der Waals surface area (Å²) < 4.78 is 0. The molecule has 0 fully saturated rings. The molecule has 1 atom stereocenters. The topological polar surface area (TPSA) is 49.3 Å². The summed E-state index contributed by atoms with van der Waals surface area (Å²) in [6.45, 7) is 4.94. The molecule has 0 saturated carbocycles. The van der Waals surface area contributed by atoms with Crippen molar-refractivity contribution in [3.8, 4) is 0 Å². The number of pyridine rings is 1. The van der Waals surface area contributed by atoms with E-state index in [4.69, 9.17) is 11.6 Å². The zero-order chi connectivity index (χ0) is 12.7. The van der Waals surface area contributed by atoms with Crippen molar-refractivity contribution in [1.82, 2.24) is 15.6 Å². The van der Waals surface area contributed by atoms with Gasteiger partial charge >= 0.3 is 0 Å². The highest BCUT2D eigenvalue weighted by Crippen LogP contribution is 2.04. The second kappa shape index (κ2) is 9.38. The summed E-state index contributed by atoms with van der Waals surface area (Å²) in [4.78, 5) is 8.18. The van der Waals surface area contributed by atoms with E-state index in [0.717, 1.165) is 17.9 Å². The fourth-order valence-electron chi connectivity index (χ4n) is 1.23. The minimum Gasteiger partial charge on any atom is -0.354 e. The van der Waals surface area contributed by atoms with Crippen LogP contribution in [0.5, 0.6) is 0 Å². The fourth-order valence-corrected chi connectivity index (χ4v) is 1.34. The first kappa shape index (κ1) is 17.4. The first-order valence-electron chi connectivity index (χ1n) is 5.73. The minimum absolute atomic E-state index is 0. The van der Waals surface area contributed by atoms with Crippen molar-refractivity contribution in [3.05, 3.63) is 29.0 Å². The molecule has 6 heteroatoms. The molecule has 102 valence electrons. The van der Waals surface area contributed by atoms with Gasteiger partial charge in [-0.25, -0.2) is 4.98 Å². The minimum atomic E-state index is 0. The average Bonchev–Trinajstić information content (AvgIpc) is 2.36. The molecule has 1 unspecified atom stereocenters. The highest BCUT2D eigenvalue weighted by atomic mass is 127. The maximum Gasteiger partial charge on any atom is 0.191 e. The Morgan fingerprint density at radius 1 is 1.50 bits per heavy atom. The molecule has 0 aliphatic heterocycles. The van der Waals surface area contributed by atoms with Gasteiger partial charge in [0, 0.05) is 25.8 Å². The molecule has 4 nitrogen and oxygen atoms in total. The number of nitrogens with zero attached hydrogens (tertiary/aromatic N) is 2. The van der Waals surface area contributed by atoms with Gasteiger partial charge < -0.3 is 10.6 Å². The second-order valence-corrected chi connectivity index (χ2v) is 4.26. The second-order valence-electron chi connectivity index (χ2n) is 3.87. The van der Waals surface area contributed by atoms with Crippen LogP contribution in [0.25, 0.3) is 0 Å². The van der Waals surface area contributed by atoms with Gasteiger partial charge in [0.1, 0.15) is 5.15 Å². The highest BCUT2D eigenvalue weighted by molar-refractivity contribution is 14.0. The molecular weight excluding hydrogens is 363 g/mol. The van der Waals surface area contributed by atoms with E-state index in [2.05, 4.69) is 34.5 Å². The van der Waals surface area contributed by atoms with Crippen molar-refractivity contribution >= 4 is 41.5 Å². The van der Waals surface area contributed by atoms with Gasteiger partial charge in [-0.05, 0) is 25.0 Å². The molecule has 0 saturated heterocycles. The molecule has 1 heterocycles. The summed E-state index contributed by atoms with van der Waals surface area (Å²) in [6.07, 6.45) is 2.81. The van der Waals surface area contributed by atoms with Crippen LogP contribution in [-0.2, 0) is 6.54 Å². The predicted molar refractivity (Wildman–Crippen MR) is 87.7 cm³/mol. The van der Waals surface area contributed by atoms with Crippen molar-refractivity contribution < 1.29 is 0 Å². The largest absolute Gasteiger partial charge is 0.354 e. The van der Waals surface area contributed by atoms with Crippen molar-refractivity contribution in [3.63, 3.8) is 0 Å². The van der Waals surface area contributed by atoms with Crippen LogP contribution >= 0.6 is 35.6 Å². The highest BCUT2D eigenvalue weighted by Gasteiger charge is 2.02. The molecule has 0 aliphatic rings. The summed E-state index contributed by atoms with van der Waals surface area (Å²) in [5, 5.41) is 7.03. The molecule has 0 radical (unpaired) electrons. The van der Waals surface area contributed by atoms with Crippen LogP contribution in [0.4, 0.5) is 0 Å². The lowest BCUT2D eigenvalue weighted by molar-refractivity contribution is 0.624. The van der Waals surface area contributed by atoms with Gasteiger partial charge in [0.2, 0.25) is 0 Å². The van der Waals surface area contributed by atoms with Crippen LogP contribution in [0, 0.1) is 0 Å². The standard InChI is InChI=1S/C12H19ClN4.HI/c1-4-9(2)17-12(14-3)16-8-10-5-6-11(13)15-7-10;/h5-7,9H,4,8H2,1-3H3,(H2,14,16,17);1H. The number of nitrogens with one attached hydrogen (secondary N) is 2. The van der Waals surface area contributed by atoms with E-state index < -0.39 is 0 Å². The first-order chi connectivity index (χ1) is 8.15. The Morgan fingerprint density at radius 2 is 2.22 bits per heavy atom. The van der Waals surface area contributed by atoms with E-state index in [1.54, 1.807) is 19.3 Å². The summed E-state index contributed by atoms with van der Waals surface area (Å²) in [5.74, 6) is 0.800. The zero-order valence-electron chi connectivity index (χ0n) is 10.9. The zero-order valence-corrected chi connectivity index (χ0v) is 14.0. The number of rotatable bonds is 4. The Kier molecular flexibility index (Phi) is 9.09. The molecular formula is C12H20ClIN4. The average molecular weight is 383 g/mol. The SMILES string of the molecule is CCC(C)NC(=NC)NCc1ccc(Cl)nc1.I. The number of hydrogen-bond donors (Lipinski definition) is 2. The van der Waals surface area contributed by atoms with Crippen LogP contribution in [0.1, 0.15) is 25.8 Å². The van der Waals surface area contributed by atoms with Gasteiger partial charge in [0.15, 0.2) is 5.96 Å². The molecule has 1 aromatic rings. The molecule has 18 heavy (non-hydrogen) atoms. The third-order valence-electron chi connectivity index (χ3n) is 2.47. The Hall–Kier alpha value is -0.560. The Balaban J connectivity index is 0.00000289. The van der Waals surface area contributed by atoms with Gasteiger partial charge in [-0.1, -0.05) is 24.6 Å². The van der Waals surface area contributed by atoms with Gasteiger partial charge in [-0.15, -0.1) is 24.0 Å². The van der Waals surface area contributed by atoms with E-state index in [-0.39, 0.29) is 24.0 Å². The lowest BCUT2D eigenvalue weighted by atomic mass is 10.2. The van der Waals surface area contributed by atoms with Crippen LogP contribution < -0.4 is 10.6 Å². The Labute approximate surface area is 131 Å². The number of hydrogen-bond acceptors (Lipinski definition) is 2. The van der Waals surface area contributed by atoms with Crippen LogP contribution in [-0.4, -0.2) is 24.0 Å². The first-order valence-corrected chi connectivity index (χ1v) is 6.11. The number of halogens is 2. The van der Waals surface area contributed by atoms with Gasteiger partial charge in [0.05, 0.1) is 0 Å². The van der Waals surface area contributed by atoms with E-state index in [1.807, 2.05) is 6.07 Å². The van der Waals surface area contributed by atoms with E-state index in [1.165, 1.54) is 0 Å². The maximum absolute atomic E-state index is 5.72. The van der Waals surface area contributed by atoms with Crippen molar-refractivity contribution in [2.24, 2.45) is 4.99 Å². The van der Waals surface area contributed by atoms with E-state index >= 15 is 0 Å². The third kappa shape index (κ3) is 6.39. The van der Waals surface area contributed by atoms with E-state index in [0.29, 0.717) is 17.7 Å². The number of aliphatic imine (C=N–C) groups is 1. The molecule has 1 rings (SSSR count). The molecule has 2 N–H and O–H groups in total. The maximum atomic E-state index is 5.72. The lowest BCUT2D eigenvalue weighted by Gasteiger charge is -2.16.